The molecule has 36 heavy (non-hydrogen) atoms. The van der Waals surface area contributed by atoms with Gasteiger partial charge in [-0.3, -0.25) is 14.6 Å². The quantitative estimate of drug-likeness (QED) is 0.503. The van der Waals surface area contributed by atoms with Crippen molar-refractivity contribution in [3.63, 3.8) is 0 Å². The van der Waals surface area contributed by atoms with Gasteiger partial charge in [0.05, 0.1) is 25.3 Å². The maximum absolute atomic E-state index is 12.9. The van der Waals surface area contributed by atoms with Crippen LogP contribution in [0.5, 0.6) is 11.5 Å². The number of benzene rings is 1. The number of fused-ring (bicyclic) bond motifs is 1. The normalized spacial score (nSPS) is 15.5. The Morgan fingerprint density at radius 1 is 0.972 bits per heavy atom. The Morgan fingerprint density at radius 2 is 1.64 bits per heavy atom. The Hall–Kier alpha value is -3.15. The summed E-state index contributed by atoms with van der Waals surface area (Å²) < 4.78 is 21.1. The van der Waals surface area contributed by atoms with Crippen LogP contribution < -0.4 is 14.8 Å². The summed E-state index contributed by atoms with van der Waals surface area (Å²) in [5.74, 6) is 0.205. The number of amides is 1. The Balaban J connectivity index is 1.33. The van der Waals surface area contributed by atoms with E-state index in [0.29, 0.717) is 10.6 Å². The van der Waals surface area contributed by atoms with E-state index in [4.69, 9.17) is 18.9 Å². The highest BCUT2D eigenvalue weighted by Crippen LogP contribution is 2.35. The van der Waals surface area contributed by atoms with Crippen molar-refractivity contribution in [2.45, 2.75) is 27.3 Å². The molecule has 3 heterocycles. The minimum atomic E-state index is -0.575. The minimum Gasteiger partial charge on any atom is -0.462 e. The molecule has 1 saturated heterocycles. The number of anilines is 1. The number of rotatable bonds is 9. The van der Waals surface area contributed by atoms with Gasteiger partial charge in [-0.15, -0.1) is 11.3 Å². The third-order valence-electron chi connectivity index (χ3n) is 6.02. The van der Waals surface area contributed by atoms with Crippen molar-refractivity contribution < 1.29 is 33.3 Å². The third kappa shape index (κ3) is 5.97. The molecule has 0 spiro atoms. The number of thiophene rings is 1. The smallest absolute Gasteiger partial charge is 0.348 e. The molecule has 2 aromatic rings. The van der Waals surface area contributed by atoms with E-state index in [1.165, 1.54) is 0 Å². The summed E-state index contributed by atoms with van der Waals surface area (Å²) in [7, 11) is 0. The molecular weight excluding hydrogens is 486 g/mol. The molecule has 10 nitrogen and oxygen atoms in total. The first-order chi connectivity index (χ1) is 17.4. The van der Waals surface area contributed by atoms with Crippen LogP contribution in [0.25, 0.3) is 0 Å². The summed E-state index contributed by atoms with van der Waals surface area (Å²) in [5.41, 5.74) is 1.80. The second-order valence-corrected chi connectivity index (χ2v) is 9.51. The van der Waals surface area contributed by atoms with E-state index < -0.39 is 11.9 Å². The molecule has 1 aromatic carbocycles. The van der Waals surface area contributed by atoms with Gasteiger partial charge in [-0.1, -0.05) is 6.07 Å². The van der Waals surface area contributed by atoms with E-state index in [-0.39, 0.29) is 42.9 Å². The zero-order valence-electron chi connectivity index (χ0n) is 20.8. The molecule has 0 saturated carbocycles. The molecule has 2 aliphatic heterocycles. The predicted octanol–water partition coefficient (Wildman–Crippen LogP) is 2.89. The van der Waals surface area contributed by atoms with Crippen molar-refractivity contribution in [1.29, 1.82) is 0 Å². The Kier molecular flexibility index (Phi) is 8.44. The largest absolute Gasteiger partial charge is 0.462 e. The maximum atomic E-state index is 12.9. The van der Waals surface area contributed by atoms with Crippen LogP contribution in [0.3, 0.4) is 0 Å². The highest BCUT2D eigenvalue weighted by molar-refractivity contribution is 7.18. The van der Waals surface area contributed by atoms with Gasteiger partial charge in [-0.25, -0.2) is 9.59 Å². The highest BCUT2D eigenvalue weighted by Gasteiger charge is 2.28. The number of carbonyl (C=O) groups excluding carboxylic acids is 3. The molecule has 1 fully saturated rings. The van der Waals surface area contributed by atoms with E-state index in [9.17, 15) is 14.4 Å². The third-order valence-corrected chi connectivity index (χ3v) is 7.20. The number of esters is 2. The van der Waals surface area contributed by atoms with Crippen molar-refractivity contribution in [2.75, 3.05) is 58.0 Å². The van der Waals surface area contributed by atoms with Gasteiger partial charge in [0.2, 0.25) is 12.7 Å². The lowest BCUT2D eigenvalue weighted by molar-refractivity contribution is -0.117. The molecule has 0 atom stereocenters. The van der Waals surface area contributed by atoms with Crippen LogP contribution >= 0.6 is 11.3 Å². The maximum Gasteiger partial charge on any atom is 0.348 e. The van der Waals surface area contributed by atoms with E-state index >= 15 is 0 Å². The average Bonchev–Trinajstić information content (AvgIpc) is 3.44. The van der Waals surface area contributed by atoms with Gasteiger partial charge in [-0.05, 0) is 44.0 Å². The molecule has 0 aliphatic carbocycles. The van der Waals surface area contributed by atoms with Gasteiger partial charge < -0.3 is 24.3 Å². The minimum absolute atomic E-state index is 0.186. The van der Waals surface area contributed by atoms with Gasteiger partial charge in [0.25, 0.3) is 0 Å². The number of nitrogens with one attached hydrogen (secondary N) is 1. The van der Waals surface area contributed by atoms with Gasteiger partial charge >= 0.3 is 11.9 Å². The van der Waals surface area contributed by atoms with Crippen LogP contribution in [0, 0.1) is 6.92 Å². The van der Waals surface area contributed by atoms with Crippen LogP contribution in [-0.2, 0) is 20.8 Å². The van der Waals surface area contributed by atoms with E-state index in [1.54, 1.807) is 20.8 Å². The zero-order chi connectivity index (χ0) is 25.7. The first-order valence-electron chi connectivity index (χ1n) is 12.0. The SMILES string of the molecule is CCOC(=O)c1sc(NC(=O)CN2CCN(Cc3ccc4c(c3)OCO4)CC2)c(C(=O)OCC)c1C. The Labute approximate surface area is 214 Å². The van der Waals surface area contributed by atoms with Crippen molar-refractivity contribution in [3.8, 4) is 11.5 Å². The number of carbonyl (C=O) groups is 3. The highest BCUT2D eigenvalue weighted by atomic mass is 32.1. The second-order valence-electron chi connectivity index (χ2n) is 8.49. The van der Waals surface area contributed by atoms with Crippen molar-refractivity contribution in [2.24, 2.45) is 0 Å². The van der Waals surface area contributed by atoms with Crippen LogP contribution in [0.15, 0.2) is 18.2 Å². The molecule has 1 N–H and O–H groups in total. The molecule has 11 heteroatoms. The van der Waals surface area contributed by atoms with Gasteiger partial charge in [0, 0.05) is 32.7 Å². The molecular formula is C25H31N3O7S. The number of hydrogen-bond acceptors (Lipinski definition) is 10. The molecule has 0 unspecified atom stereocenters. The molecule has 1 aromatic heterocycles. The fourth-order valence-corrected chi connectivity index (χ4v) is 5.32. The first-order valence-corrected chi connectivity index (χ1v) is 12.8. The summed E-state index contributed by atoms with van der Waals surface area (Å²) in [5, 5.41) is 3.13. The van der Waals surface area contributed by atoms with E-state index in [1.807, 2.05) is 18.2 Å². The molecule has 0 radical (unpaired) electrons. The number of ether oxygens (including phenoxy) is 4. The lowest BCUT2D eigenvalue weighted by atomic mass is 10.1. The lowest BCUT2D eigenvalue weighted by Gasteiger charge is -2.34. The van der Waals surface area contributed by atoms with Crippen LogP contribution in [0.4, 0.5) is 5.00 Å². The summed E-state index contributed by atoms with van der Waals surface area (Å²) in [6.07, 6.45) is 0. The monoisotopic (exact) mass is 517 g/mol. The standard InChI is InChI=1S/C25H31N3O7S/c1-4-32-24(30)21-16(3)22(25(31)33-5-2)36-23(21)26-20(29)14-28-10-8-27(9-11-28)13-17-6-7-18-19(12-17)35-15-34-18/h6-7,12H,4-5,8-11,13-15H2,1-3H3,(H,26,29). The molecule has 194 valence electrons. The van der Waals surface area contributed by atoms with Gasteiger partial charge in [0.1, 0.15) is 9.88 Å². The fraction of sp³-hybridized carbons (Fsp3) is 0.480. The molecule has 1 amide bonds. The van der Waals surface area contributed by atoms with Crippen LogP contribution in [0.1, 0.15) is 45.0 Å². The van der Waals surface area contributed by atoms with Crippen molar-refractivity contribution in [3.05, 3.63) is 39.8 Å². The first kappa shape index (κ1) is 25.9. The number of nitrogens with zero attached hydrogens (tertiary/aromatic N) is 2. The van der Waals surface area contributed by atoms with Crippen molar-refractivity contribution in [1.82, 2.24) is 9.80 Å². The lowest BCUT2D eigenvalue weighted by Crippen LogP contribution is -2.48. The summed E-state index contributed by atoms with van der Waals surface area (Å²) in [4.78, 5) is 42.4. The molecule has 0 bridgehead atoms. The predicted molar refractivity (Wildman–Crippen MR) is 134 cm³/mol. The second kappa shape index (κ2) is 11.7. The van der Waals surface area contributed by atoms with Gasteiger partial charge in [0.15, 0.2) is 11.5 Å². The van der Waals surface area contributed by atoms with Crippen molar-refractivity contribution >= 4 is 34.2 Å². The topological polar surface area (TPSA) is 107 Å². The molecule has 2 aliphatic rings. The summed E-state index contributed by atoms with van der Waals surface area (Å²) in [6.45, 7) is 9.83. The van der Waals surface area contributed by atoms with Gasteiger partial charge in [-0.2, -0.15) is 0 Å². The Bertz CT molecular complexity index is 1130. The molecule has 4 rings (SSSR count). The average molecular weight is 518 g/mol. The Morgan fingerprint density at radius 3 is 2.36 bits per heavy atom. The fourth-order valence-electron chi connectivity index (χ4n) is 4.21. The zero-order valence-corrected chi connectivity index (χ0v) is 21.6. The number of piperazine rings is 1. The summed E-state index contributed by atoms with van der Waals surface area (Å²) >= 11 is 1.04. The number of hydrogen-bond donors (Lipinski definition) is 1. The van der Waals surface area contributed by atoms with E-state index in [0.717, 1.165) is 61.1 Å². The van der Waals surface area contributed by atoms with E-state index in [2.05, 4.69) is 15.1 Å². The van der Waals surface area contributed by atoms with Crippen LogP contribution in [-0.4, -0.2) is 80.4 Å². The van der Waals surface area contributed by atoms with Crippen LogP contribution in [0.2, 0.25) is 0 Å². The summed E-state index contributed by atoms with van der Waals surface area (Å²) in [6, 6.07) is 5.99.